The van der Waals surface area contributed by atoms with Crippen LogP contribution in [0.1, 0.15) is 11.1 Å². The van der Waals surface area contributed by atoms with Crippen LogP contribution in [0.25, 0.3) is 22.8 Å². The Bertz CT molecular complexity index is 1030. The second kappa shape index (κ2) is 6.38. The predicted octanol–water partition coefficient (Wildman–Crippen LogP) is 5.42. The summed E-state index contributed by atoms with van der Waals surface area (Å²) >= 11 is 0. The normalized spacial score (nSPS) is 11.0. The number of aliphatic imine (C=N–C) groups is 1. The van der Waals surface area contributed by atoms with Gasteiger partial charge in [0.05, 0.1) is 18.1 Å². The number of hydrogen-bond donors (Lipinski definition) is 0. The Morgan fingerprint density at radius 1 is 0.880 bits per heavy atom. The highest BCUT2D eigenvalue weighted by Gasteiger charge is 2.25. The molecular weight excluding hydrogens is 316 g/mol. The van der Waals surface area contributed by atoms with Crippen LogP contribution in [0.2, 0.25) is 0 Å². The Labute approximate surface area is 143 Å². The SMILES string of the molecule is N#Cc1c(/N=C/c2ccccc2)oc(-c2ccco2)c1-c1ccco1. The molecule has 0 aliphatic carbocycles. The number of hydrogen-bond acceptors (Lipinski definition) is 5. The fourth-order valence-corrected chi connectivity index (χ4v) is 2.52. The van der Waals surface area contributed by atoms with E-state index in [0.29, 0.717) is 28.4 Å². The van der Waals surface area contributed by atoms with Crippen LogP contribution in [-0.4, -0.2) is 6.21 Å². The first-order chi connectivity index (χ1) is 12.4. The molecule has 25 heavy (non-hydrogen) atoms. The highest BCUT2D eigenvalue weighted by atomic mass is 16.4. The first kappa shape index (κ1) is 14.8. The van der Waals surface area contributed by atoms with Crippen LogP contribution in [0.3, 0.4) is 0 Å². The van der Waals surface area contributed by atoms with Crippen LogP contribution in [-0.2, 0) is 0 Å². The zero-order valence-electron chi connectivity index (χ0n) is 13.0. The van der Waals surface area contributed by atoms with Crippen molar-refractivity contribution >= 4 is 12.1 Å². The monoisotopic (exact) mass is 328 g/mol. The van der Waals surface area contributed by atoms with Gasteiger partial charge in [-0.3, -0.25) is 0 Å². The maximum atomic E-state index is 9.65. The molecule has 0 saturated carbocycles. The topological polar surface area (TPSA) is 75.6 Å². The van der Waals surface area contributed by atoms with E-state index in [4.69, 9.17) is 13.3 Å². The van der Waals surface area contributed by atoms with Crippen LogP contribution in [0.5, 0.6) is 0 Å². The molecule has 5 heteroatoms. The van der Waals surface area contributed by atoms with Crippen molar-refractivity contribution in [1.29, 1.82) is 5.26 Å². The lowest BCUT2D eigenvalue weighted by atomic mass is 10.1. The molecule has 0 aliphatic rings. The van der Waals surface area contributed by atoms with Crippen LogP contribution in [0, 0.1) is 11.3 Å². The number of benzene rings is 1. The van der Waals surface area contributed by atoms with Gasteiger partial charge in [0, 0.05) is 6.21 Å². The van der Waals surface area contributed by atoms with E-state index in [9.17, 15) is 5.26 Å². The molecule has 0 N–H and O–H groups in total. The minimum absolute atomic E-state index is 0.212. The summed E-state index contributed by atoms with van der Waals surface area (Å²) in [6.07, 6.45) is 4.74. The Morgan fingerprint density at radius 2 is 1.60 bits per heavy atom. The molecule has 4 rings (SSSR count). The van der Waals surface area contributed by atoms with Crippen molar-refractivity contribution in [3.8, 4) is 28.9 Å². The lowest BCUT2D eigenvalue weighted by Gasteiger charge is -1.96. The van der Waals surface area contributed by atoms with Crippen LogP contribution in [0.15, 0.2) is 85.4 Å². The van der Waals surface area contributed by atoms with Gasteiger partial charge in [-0.1, -0.05) is 30.3 Å². The van der Waals surface area contributed by atoms with Crippen LogP contribution < -0.4 is 0 Å². The first-order valence-corrected chi connectivity index (χ1v) is 7.60. The Balaban J connectivity index is 1.87. The van der Waals surface area contributed by atoms with Gasteiger partial charge in [-0.2, -0.15) is 5.26 Å². The zero-order valence-corrected chi connectivity index (χ0v) is 13.0. The van der Waals surface area contributed by atoms with Crippen molar-refractivity contribution in [1.82, 2.24) is 0 Å². The fourth-order valence-electron chi connectivity index (χ4n) is 2.52. The summed E-state index contributed by atoms with van der Waals surface area (Å²) < 4.78 is 16.8. The van der Waals surface area contributed by atoms with Gasteiger partial charge in [-0.15, -0.1) is 0 Å². The largest absolute Gasteiger partial charge is 0.464 e. The molecule has 0 atom stereocenters. The highest BCUT2D eigenvalue weighted by molar-refractivity contribution is 5.87. The summed E-state index contributed by atoms with van der Waals surface area (Å²) in [5.74, 6) is 1.65. The summed E-state index contributed by atoms with van der Waals surface area (Å²) in [5.41, 5.74) is 1.73. The van der Waals surface area contributed by atoms with Crippen molar-refractivity contribution in [2.24, 2.45) is 4.99 Å². The molecule has 5 nitrogen and oxygen atoms in total. The third-order valence-electron chi connectivity index (χ3n) is 3.64. The molecule has 0 unspecified atom stereocenters. The van der Waals surface area contributed by atoms with Crippen molar-refractivity contribution in [2.75, 3.05) is 0 Å². The predicted molar refractivity (Wildman–Crippen MR) is 92.5 cm³/mol. The molecular formula is C20H12N2O3. The van der Waals surface area contributed by atoms with Gasteiger partial charge in [-0.25, -0.2) is 4.99 Å². The smallest absolute Gasteiger partial charge is 0.238 e. The molecule has 0 spiro atoms. The number of rotatable bonds is 4. The van der Waals surface area contributed by atoms with Crippen molar-refractivity contribution in [3.63, 3.8) is 0 Å². The van der Waals surface area contributed by atoms with Gasteiger partial charge in [0.15, 0.2) is 11.5 Å². The molecule has 4 aromatic rings. The van der Waals surface area contributed by atoms with Gasteiger partial charge in [0.25, 0.3) is 0 Å². The molecule has 0 aliphatic heterocycles. The minimum atomic E-state index is 0.212. The summed E-state index contributed by atoms with van der Waals surface area (Å²) in [4.78, 5) is 4.35. The molecule has 0 amide bonds. The Hall–Kier alpha value is -3.78. The van der Waals surface area contributed by atoms with Gasteiger partial charge < -0.3 is 13.3 Å². The summed E-state index contributed by atoms with van der Waals surface area (Å²) in [6, 6.07) is 18.8. The van der Waals surface area contributed by atoms with E-state index in [0.717, 1.165) is 5.56 Å². The van der Waals surface area contributed by atoms with Crippen molar-refractivity contribution < 1.29 is 13.3 Å². The minimum Gasteiger partial charge on any atom is -0.464 e. The summed E-state index contributed by atoms with van der Waals surface area (Å²) in [7, 11) is 0. The van der Waals surface area contributed by atoms with Crippen molar-refractivity contribution in [2.45, 2.75) is 0 Å². The van der Waals surface area contributed by atoms with E-state index in [2.05, 4.69) is 11.1 Å². The van der Waals surface area contributed by atoms with Crippen LogP contribution in [0.4, 0.5) is 5.88 Å². The van der Waals surface area contributed by atoms with Crippen molar-refractivity contribution in [3.05, 3.63) is 78.3 Å². The van der Waals surface area contributed by atoms with E-state index in [1.807, 2.05) is 30.3 Å². The van der Waals surface area contributed by atoms with E-state index in [1.165, 1.54) is 0 Å². The molecule has 120 valence electrons. The number of furan rings is 3. The number of nitriles is 1. The summed E-state index contributed by atoms with van der Waals surface area (Å²) in [5, 5.41) is 9.65. The van der Waals surface area contributed by atoms with Gasteiger partial charge in [0.1, 0.15) is 17.4 Å². The van der Waals surface area contributed by atoms with E-state index in [-0.39, 0.29) is 5.88 Å². The van der Waals surface area contributed by atoms with Gasteiger partial charge >= 0.3 is 0 Å². The third-order valence-corrected chi connectivity index (χ3v) is 3.64. The summed E-state index contributed by atoms with van der Waals surface area (Å²) in [6.45, 7) is 0. The first-order valence-electron chi connectivity index (χ1n) is 7.60. The molecule has 3 heterocycles. The van der Waals surface area contributed by atoms with Gasteiger partial charge in [-0.05, 0) is 29.8 Å². The maximum absolute atomic E-state index is 9.65. The lowest BCUT2D eigenvalue weighted by Crippen LogP contribution is -1.81. The molecule has 1 aromatic carbocycles. The molecule has 0 bridgehead atoms. The number of nitrogens with zero attached hydrogens (tertiary/aromatic N) is 2. The van der Waals surface area contributed by atoms with E-state index < -0.39 is 0 Å². The second-order valence-corrected chi connectivity index (χ2v) is 5.22. The Morgan fingerprint density at radius 3 is 2.24 bits per heavy atom. The zero-order chi connectivity index (χ0) is 17.1. The lowest BCUT2D eigenvalue weighted by molar-refractivity contribution is 0.527. The highest BCUT2D eigenvalue weighted by Crippen LogP contribution is 2.42. The standard InChI is InChI=1S/C20H12N2O3/c21-12-15-18(16-8-4-10-23-16)19(17-9-5-11-24-17)25-20(15)22-13-14-6-2-1-3-7-14/h1-11,13H/b22-13+. The molecule has 0 fully saturated rings. The molecule has 0 saturated heterocycles. The third kappa shape index (κ3) is 2.77. The average molecular weight is 328 g/mol. The van der Waals surface area contributed by atoms with Gasteiger partial charge in [0.2, 0.25) is 5.88 Å². The maximum Gasteiger partial charge on any atom is 0.238 e. The van der Waals surface area contributed by atoms with E-state index >= 15 is 0 Å². The quantitative estimate of drug-likeness (QED) is 0.469. The molecule has 3 aromatic heterocycles. The molecule has 0 radical (unpaired) electrons. The van der Waals surface area contributed by atoms with E-state index in [1.54, 1.807) is 43.0 Å². The second-order valence-electron chi connectivity index (χ2n) is 5.22. The van der Waals surface area contributed by atoms with Crippen LogP contribution >= 0.6 is 0 Å². The Kier molecular flexibility index (Phi) is 3.77. The fraction of sp³-hybridized carbons (Fsp3) is 0. The average Bonchev–Trinajstić information content (AvgIpc) is 3.40.